The SMILES string of the molecule is CC1C(=O)Nc2csc(C(=O)O)c2N1C. The average molecular weight is 226 g/mol. The van der Waals surface area contributed by atoms with Gasteiger partial charge >= 0.3 is 5.97 Å². The molecule has 0 spiro atoms. The van der Waals surface area contributed by atoms with Gasteiger partial charge in [-0.25, -0.2) is 4.79 Å². The Morgan fingerprint density at radius 1 is 1.67 bits per heavy atom. The standard InChI is InChI=1S/C9H10N2O3S/c1-4-8(12)10-5-3-15-7(9(13)14)6(5)11(4)2/h3-4H,1-2H3,(H,10,12)(H,13,14). The molecule has 2 heterocycles. The topological polar surface area (TPSA) is 69.6 Å². The number of anilines is 2. The first-order valence-electron chi connectivity index (χ1n) is 4.41. The van der Waals surface area contributed by atoms with E-state index in [2.05, 4.69) is 5.32 Å². The van der Waals surface area contributed by atoms with Crippen LogP contribution in [0.25, 0.3) is 0 Å². The number of rotatable bonds is 1. The molecule has 0 aliphatic carbocycles. The lowest BCUT2D eigenvalue weighted by molar-refractivity contribution is -0.117. The summed E-state index contributed by atoms with van der Waals surface area (Å²) in [6, 6.07) is -0.342. The predicted molar refractivity (Wildman–Crippen MR) is 57.8 cm³/mol. The second-order valence-electron chi connectivity index (χ2n) is 3.41. The first-order valence-corrected chi connectivity index (χ1v) is 5.29. The molecule has 1 atom stereocenters. The molecule has 15 heavy (non-hydrogen) atoms. The minimum atomic E-state index is -0.962. The minimum Gasteiger partial charge on any atom is -0.477 e. The van der Waals surface area contributed by atoms with Crippen molar-refractivity contribution in [3.05, 3.63) is 10.3 Å². The van der Waals surface area contributed by atoms with Gasteiger partial charge in [-0.15, -0.1) is 11.3 Å². The number of nitrogens with one attached hydrogen (secondary N) is 1. The van der Waals surface area contributed by atoms with Crippen LogP contribution in [-0.4, -0.2) is 30.1 Å². The van der Waals surface area contributed by atoms with Gasteiger partial charge in [0.2, 0.25) is 5.91 Å². The van der Waals surface area contributed by atoms with Gasteiger partial charge in [0.15, 0.2) is 0 Å². The Bertz CT molecular complexity index is 441. The largest absolute Gasteiger partial charge is 0.477 e. The molecule has 0 saturated heterocycles. The Kier molecular flexibility index (Phi) is 2.15. The van der Waals surface area contributed by atoms with Crippen molar-refractivity contribution in [3.63, 3.8) is 0 Å². The molecule has 1 amide bonds. The number of carbonyl (C=O) groups is 2. The molecule has 6 heteroatoms. The summed E-state index contributed by atoms with van der Waals surface area (Å²) >= 11 is 1.13. The van der Waals surface area contributed by atoms with E-state index in [1.165, 1.54) is 0 Å². The maximum atomic E-state index is 11.5. The van der Waals surface area contributed by atoms with Crippen molar-refractivity contribution in [2.24, 2.45) is 0 Å². The zero-order valence-corrected chi connectivity index (χ0v) is 9.09. The molecule has 0 saturated carbocycles. The molecule has 0 fully saturated rings. The summed E-state index contributed by atoms with van der Waals surface area (Å²) in [7, 11) is 1.72. The first kappa shape index (κ1) is 9.97. The fraction of sp³-hybridized carbons (Fsp3) is 0.333. The molecule has 5 nitrogen and oxygen atoms in total. The second kappa shape index (κ2) is 3.23. The lowest BCUT2D eigenvalue weighted by Gasteiger charge is -2.31. The number of thiophene rings is 1. The van der Waals surface area contributed by atoms with E-state index in [9.17, 15) is 9.59 Å². The number of aromatic carboxylic acids is 1. The summed E-state index contributed by atoms with van der Waals surface area (Å²) in [5.41, 5.74) is 1.18. The molecule has 1 aliphatic rings. The number of fused-ring (bicyclic) bond motifs is 1. The van der Waals surface area contributed by atoms with E-state index in [-0.39, 0.29) is 16.8 Å². The Labute approximate surface area is 90.3 Å². The van der Waals surface area contributed by atoms with E-state index in [4.69, 9.17) is 5.11 Å². The van der Waals surface area contributed by atoms with Crippen LogP contribution in [-0.2, 0) is 4.79 Å². The molecule has 80 valence electrons. The Morgan fingerprint density at radius 2 is 2.33 bits per heavy atom. The van der Waals surface area contributed by atoms with Crippen molar-refractivity contribution < 1.29 is 14.7 Å². The third-order valence-corrected chi connectivity index (χ3v) is 3.49. The first-order chi connectivity index (χ1) is 7.02. The van der Waals surface area contributed by atoms with Gasteiger partial charge in [-0.3, -0.25) is 4.79 Å². The molecule has 0 radical (unpaired) electrons. The van der Waals surface area contributed by atoms with Crippen LogP contribution in [0.15, 0.2) is 5.38 Å². The van der Waals surface area contributed by atoms with Crippen molar-refractivity contribution in [1.29, 1.82) is 0 Å². The molecule has 2 N–H and O–H groups in total. The van der Waals surface area contributed by atoms with Crippen molar-refractivity contribution in [2.75, 3.05) is 17.3 Å². The highest BCUT2D eigenvalue weighted by Crippen LogP contribution is 2.39. The van der Waals surface area contributed by atoms with Gasteiger partial charge < -0.3 is 15.3 Å². The molecule has 1 aromatic rings. The predicted octanol–water partition coefficient (Wildman–Crippen LogP) is 1.22. The Morgan fingerprint density at radius 3 is 2.93 bits per heavy atom. The van der Waals surface area contributed by atoms with E-state index < -0.39 is 5.97 Å². The number of likely N-dealkylation sites (N-methyl/N-ethyl adjacent to an activating group) is 1. The van der Waals surface area contributed by atoms with Gasteiger partial charge in [0.1, 0.15) is 10.9 Å². The number of hydrogen-bond acceptors (Lipinski definition) is 4. The van der Waals surface area contributed by atoms with Crippen LogP contribution in [0, 0.1) is 0 Å². The molecule has 1 unspecified atom stereocenters. The van der Waals surface area contributed by atoms with Gasteiger partial charge in [-0.1, -0.05) is 0 Å². The lowest BCUT2D eigenvalue weighted by Crippen LogP contribution is -2.43. The van der Waals surface area contributed by atoms with Crippen LogP contribution in [0.2, 0.25) is 0 Å². The van der Waals surface area contributed by atoms with Crippen molar-refractivity contribution in [2.45, 2.75) is 13.0 Å². The minimum absolute atomic E-state index is 0.111. The summed E-state index contributed by atoms with van der Waals surface area (Å²) in [5.74, 6) is -1.07. The smallest absolute Gasteiger partial charge is 0.348 e. The van der Waals surface area contributed by atoms with Crippen LogP contribution in [0.5, 0.6) is 0 Å². The van der Waals surface area contributed by atoms with Crippen LogP contribution in [0.1, 0.15) is 16.6 Å². The van der Waals surface area contributed by atoms with Crippen LogP contribution < -0.4 is 10.2 Å². The van der Waals surface area contributed by atoms with Crippen LogP contribution in [0.3, 0.4) is 0 Å². The Hall–Kier alpha value is -1.56. The number of carboxylic acids is 1. The highest BCUT2D eigenvalue weighted by Gasteiger charge is 2.31. The fourth-order valence-corrected chi connectivity index (χ4v) is 2.42. The van der Waals surface area contributed by atoms with Gasteiger partial charge in [0.25, 0.3) is 0 Å². The molecule has 0 bridgehead atoms. The van der Waals surface area contributed by atoms with E-state index >= 15 is 0 Å². The zero-order valence-electron chi connectivity index (χ0n) is 8.27. The number of amides is 1. The zero-order chi connectivity index (χ0) is 11.2. The van der Waals surface area contributed by atoms with Gasteiger partial charge in [0.05, 0.1) is 11.4 Å². The van der Waals surface area contributed by atoms with Crippen molar-refractivity contribution in [1.82, 2.24) is 0 Å². The van der Waals surface area contributed by atoms with E-state index in [1.54, 1.807) is 24.3 Å². The molecule has 0 aromatic carbocycles. The van der Waals surface area contributed by atoms with E-state index in [1.807, 2.05) is 0 Å². The van der Waals surface area contributed by atoms with Gasteiger partial charge in [-0.05, 0) is 6.92 Å². The quantitative estimate of drug-likeness (QED) is 0.755. The van der Waals surface area contributed by atoms with Crippen LogP contribution in [0.4, 0.5) is 11.4 Å². The summed E-state index contributed by atoms with van der Waals surface area (Å²) in [6.07, 6.45) is 0. The summed E-state index contributed by atoms with van der Waals surface area (Å²) in [4.78, 5) is 24.3. The third-order valence-electron chi connectivity index (χ3n) is 2.53. The highest BCUT2D eigenvalue weighted by molar-refractivity contribution is 7.13. The number of carbonyl (C=O) groups excluding carboxylic acids is 1. The third kappa shape index (κ3) is 1.37. The van der Waals surface area contributed by atoms with E-state index in [0.29, 0.717) is 11.4 Å². The maximum absolute atomic E-state index is 11.5. The summed E-state index contributed by atoms with van der Waals surface area (Å²) < 4.78 is 0. The average Bonchev–Trinajstić information content (AvgIpc) is 2.58. The van der Waals surface area contributed by atoms with Gasteiger partial charge in [0, 0.05) is 12.4 Å². The lowest BCUT2D eigenvalue weighted by atomic mass is 10.1. The van der Waals surface area contributed by atoms with E-state index in [0.717, 1.165) is 11.3 Å². The number of hydrogen-bond donors (Lipinski definition) is 2. The second-order valence-corrected chi connectivity index (χ2v) is 4.29. The fourth-order valence-electron chi connectivity index (χ4n) is 1.55. The monoisotopic (exact) mass is 226 g/mol. The molecule has 1 aliphatic heterocycles. The van der Waals surface area contributed by atoms with Gasteiger partial charge in [-0.2, -0.15) is 0 Å². The highest BCUT2D eigenvalue weighted by atomic mass is 32.1. The molecular formula is C9H10N2O3S. The summed E-state index contributed by atoms with van der Waals surface area (Å²) in [5, 5.41) is 13.3. The number of carboxylic acid groups (broad SMARTS) is 1. The molecule has 2 rings (SSSR count). The molecular weight excluding hydrogens is 216 g/mol. The Balaban J connectivity index is 2.54. The molecule has 1 aromatic heterocycles. The van der Waals surface area contributed by atoms with Crippen molar-refractivity contribution >= 4 is 34.6 Å². The normalized spacial score (nSPS) is 19.7. The maximum Gasteiger partial charge on any atom is 0.348 e. The van der Waals surface area contributed by atoms with Crippen LogP contribution >= 0.6 is 11.3 Å². The summed E-state index contributed by atoms with van der Waals surface area (Å²) in [6.45, 7) is 1.74. The van der Waals surface area contributed by atoms with Crippen molar-refractivity contribution in [3.8, 4) is 0 Å². The number of nitrogens with zero attached hydrogens (tertiary/aromatic N) is 1.